The minimum absolute atomic E-state index is 0.0263. The highest BCUT2D eigenvalue weighted by molar-refractivity contribution is 8.00. The third-order valence-corrected chi connectivity index (χ3v) is 5.63. The molecular weight excluding hydrogens is 268 g/mol. The highest BCUT2D eigenvalue weighted by Gasteiger charge is 2.33. The fraction of sp³-hybridized carbons (Fsp3) is 0.562. The lowest BCUT2D eigenvalue weighted by Gasteiger charge is -2.27. The summed E-state index contributed by atoms with van der Waals surface area (Å²) < 4.78 is 0.249. The van der Waals surface area contributed by atoms with Crippen LogP contribution in [0, 0.1) is 6.92 Å². The van der Waals surface area contributed by atoms with Crippen LogP contribution in [0.2, 0.25) is 0 Å². The molecule has 20 heavy (non-hydrogen) atoms. The summed E-state index contributed by atoms with van der Waals surface area (Å²) in [7, 11) is 1.85. The Morgan fingerprint density at radius 1 is 1.35 bits per heavy atom. The van der Waals surface area contributed by atoms with Gasteiger partial charge in [-0.25, -0.2) is 0 Å². The molecule has 3 nitrogen and oxygen atoms in total. The first-order chi connectivity index (χ1) is 9.60. The van der Waals surface area contributed by atoms with Crippen molar-refractivity contribution in [1.82, 2.24) is 5.32 Å². The van der Waals surface area contributed by atoms with Gasteiger partial charge in [0, 0.05) is 24.0 Å². The minimum Gasteiger partial charge on any atom is -0.387 e. The van der Waals surface area contributed by atoms with E-state index in [0.717, 1.165) is 23.4 Å². The number of thioether (sulfide) groups is 1. The quantitative estimate of drug-likeness (QED) is 0.873. The molecule has 1 aliphatic carbocycles. The molecule has 0 unspecified atom stereocenters. The maximum absolute atomic E-state index is 12.4. The van der Waals surface area contributed by atoms with Crippen LogP contribution in [-0.2, 0) is 0 Å². The number of benzene rings is 1. The maximum atomic E-state index is 12.4. The monoisotopic (exact) mass is 292 g/mol. The molecule has 0 spiro atoms. The SMILES string of the molecule is CNc1ccc(C)cc1C(=O)NCC1(SC)CCCC1. The number of amides is 1. The van der Waals surface area contributed by atoms with Gasteiger partial charge < -0.3 is 10.6 Å². The summed E-state index contributed by atoms with van der Waals surface area (Å²) in [6.45, 7) is 2.78. The maximum Gasteiger partial charge on any atom is 0.253 e. The van der Waals surface area contributed by atoms with Crippen LogP contribution in [0.15, 0.2) is 18.2 Å². The van der Waals surface area contributed by atoms with Crippen molar-refractivity contribution in [2.24, 2.45) is 0 Å². The number of aryl methyl sites for hydroxylation is 1. The van der Waals surface area contributed by atoms with Crippen molar-refractivity contribution in [2.75, 3.05) is 25.2 Å². The van der Waals surface area contributed by atoms with Gasteiger partial charge >= 0.3 is 0 Å². The largest absolute Gasteiger partial charge is 0.387 e. The normalized spacial score (nSPS) is 16.9. The fourth-order valence-corrected chi connectivity index (χ4v) is 3.79. The molecule has 1 aromatic carbocycles. The second kappa shape index (κ2) is 6.53. The predicted molar refractivity (Wildman–Crippen MR) is 87.8 cm³/mol. The summed E-state index contributed by atoms with van der Waals surface area (Å²) in [5.74, 6) is 0.0263. The molecule has 0 radical (unpaired) electrons. The molecule has 0 atom stereocenters. The van der Waals surface area contributed by atoms with E-state index in [1.165, 1.54) is 25.7 Å². The first kappa shape index (κ1) is 15.2. The summed E-state index contributed by atoms with van der Waals surface area (Å²) in [5, 5.41) is 6.22. The van der Waals surface area contributed by atoms with Crippen LogP contribution in [0.25, 0.3) is 0 Å². The molecule has 0 aromatic heterocycles. The van der Waals surface area contributed by atoms with E-state index in [0.29, 0.717) is 0 Å². The zero-order valence-electron chi connectivity index (χ0n) is 12.6. The van der Waals surface area contributed by atoms with Gasteiger partial charge in [0.05, 0.1) is 5.56 Å². The van der Waals surface area contributed by atoms with Gasteiger partial charge in [-0.15, -0.1) is 0 Å². The summed E-state index contributed by atoms with van der Waals surface area (Å²) >= 11 is 1.90. The number of nitrogens with one attached hydrogen (secondary N) is 2. The van der Waals surface area contributed by atoms with Crippen LogP contribution in [0.4, 0.5) is 5.69 Å². The third kappa shape index (κ3) is 3.29. The van der Waals surface area contributed by atoms with E-state index in [9.17, 15) is 4.79 Å². The third-order valence-electron chi connectivity index (χ3n) is 4.21. The number of hydrogen-bond acceptors (Lipinski definition) is 3. The van der Waals surface area contributed by atoms with Crippen LogP contribution >= 0.6 is 11.8 Å². The van der Waals surface area contributed by atoms with Crippen molar-refractivity contribution < 1.29 is 4.79 Å². The van der Waals surface area contributed by atoms with Gasteiger partial charge in [0.15, 0.2) is 0 Å². The smallest absolute Gasteiger partial charge is 0.253 e. The summed E-state index contributed by atoms with van der Waals surface area (Å²) in [6.07, 6.45) is 7.14. The molecule has 4 heteroatoms. The Hall–Kier alpha value is -1.16. The van der Waals surface area contributed by atoms with E-state index < -0.39 is 0 Å². The number of hydrogen-bond donors (Lipinski definition) is 2. The second-order valence-corrected chi connectivity index (χ2v) is 6.85. The molecule has 1 fully saturated rings. The number of anilines is 1. The molecule has 1 saturated carbocycles. The standard InChI is InChI=1S/C16H24N2OS/c1-12-6-7-14(17-2)13(10-12)15(19)18-11-16(20-3)8-4-5-9-16/h6-7,10,17H,4-5,8-9,11H2,1-3H3,(H,18,19). The van der Waals surface area contributed by atoms with Gasteiger partial charge in [0.25, 0.3) is 5.91 Å². The van der Waals surface area contributed by atoms with E-state index >= 15 is 0 Å². The van der Waals surface area contributed by atoms with Gasteiger partial charge in [0.1, 0.15) is 0 Å². The Morgan fingerprint density at radius 3 is 2.65 bits per heavy atom. The van der Waals surface area contributed by atoms with Crippen LogP contribution in [0.3, 0.4) is 0 Å². The van der Waals surface area contributed by atoms with E-state index in [4.69, 9.17) is 0 Å². The van der Waals surface area contributed by atoms with E-state index in [1.807, 2.05) is 43.9 Å². The van der Waals surface area contributed by atoms with Gasteiger partial charge in [0.2, 0.25) is 0 Å². The molecule has 1 amide bonds. The van der Waals surface area contributed by atoms with Crippen LogP contribution < -0.4 is 10.6 Å². The van der Waals surface area contributed by atoms with Crippen molar-refractivity contribution in [2.45, 2.75) is 37.4 Å². The van der Waals surface area contributed by atoms with E-state index in [1.54, 1.807) is 0 Å². The Bertz CT molecular complexity index is 481. The Balaban J connectivity index is 2.06. The summed E-state index contributed by atoms with van der Waals surface area (Å²) in [6, 6.07) is 5.93. The number of rotatable bonds is 5. The molecule has 0 bridgehead atoms. The Kier molecular flexibility index (Phi) is 4.97. The van der Waals surface area contributed by atoms with Crippen molar-refractivity contribution in [3.63, 3.8) is 0 Å². The number of carbonyl (C=O) groups is 1. The first-order valence-electron chi connectivity index (χ1n) is 7.22. The van der Waals surface area contributed by atoms with Gasteiger partial charge in [-0.2, -0.15) is 11.8 Å². The van der Waals surface area contributed by atoms with E-state index in [-0.39, 0.29) is 10.7 Å². The van der Waals surface area contributed by atoms with Crippen molar-refractivity contribution in [1.29, 1.82) is 0 Å². The lowest BCUT2D eigenvalue weighted by molar-refractivity contribution is 0.0950. The molecule has 110 valence electrons. The molecule has 0 saturated heterocycles. The van der Waals surface area contributed by atoms with Crippen LogP contribution in [0.1, 0.15) is 41.6 Å². The average Bonchev–Trinajstić information content (AvgIpc) is 2.94. The lowest BCUT2D eigenvalue weighted by atomic mass is 10.1. The van der Waals surface area contributed by atoms with Crippen molar-refractivity contribution >= 4 is 23.4 Å². The van der Waals surface area contributed by atoms with Gasteiger partial charge in [-0.3, -0.25) is 4.79 Å². The molecule has 2 N–H and O–H groups in total. The summed E-state index contributed by atoms with van der Waals surface area (Å²) in [4.78, 5) is 12.4. The van der Waals surface area contributed by atoms with Crippen LogP contribution in [0.5, 0.6) is 0 Å². The molecule has 1 aromatic rings. The molecular formula is C16H24N2OS. The van der Waals surface area contributed by atoms with Crippen molar-refractivity contribution in [3.8, 4) is 0 Å². The highest BCUT2D eigenvalue weighted by atomic mass is 32.2. The zero-order valence-corrected chi connectivity index (χ0v) is 13.4. The van der Waals surface area contributed by atoms with Crippen molar-refractivity contribution in [3.05, 3.63) is 29.3 Å². The topological polar surface area (TPSA) is 41.1 Å². The van der Waals surface area contributed by atoms with Crippen LogP contribution in [-0.4, -0.2) is 30.5 Å². The summed E-state index contributed by atoms with van der Waals surface area (Å²) in [5.41, 5.74) is 2.73. The lowest BCUT2D eigenvalue weighted by Crippen LogP contribution is -2.38. The zero-order chi connectivity index (χ0) is 14.6. The fourth-order valence-electron chi connectivity index (χ4n) is 2.87. The highest BCUT2D eigenvalue weighted by Crippen LogP contribution is 2.39. The van der Waals surface area contributed by atoms with Gasteiger partial charge in [-0.05, 0) is 38.2 Å². The van der Waals surface area contributed by atoms with E-state index in [2.05, 4.69) is 16.9 Å². The van der Waals surface area contributed by atoms with Gasteiger partial charge in [-0.1, -0.05) is 24.5 Å². The molecule has 1 aliphatic rings. The number of carbonyl (C=O) groups excluding carboxylic acids is 1. The second-order valence-electron chi connectivity index (χ2n) is 5.58. The average molecular weight is 292 g/mol. The first-order valence-corrected chi connectivity index (χ1v) is 8.44. The Labute approximate surface area is 125 Å². The molecule has 2 rings (SSSR count). The molecule has 0 aliphatic heterocycles. The minimum atomic E-state index is 0.0263. The molecule has 0 heterocycles. The Morgan fingerprint density at radius 2 is 2.05 bits per heavy atom. The predicted octanol–water partition coefficient (Wildman–Crippen LogP) is 3.44.